The van der Waals surface area contributed by atoms with Crippen LogP contribution in [0.5, 0.6) is 0 Å². The lowest BCUT2D eigenvalue weighted by Gasteiger charge is -1.93. The number of hydrogen-bond donors (Lipinski definition) is 0. The van der Waals surface area contributed by atoms with Gasteiger partial charge in [-0.2, -0.15) is 0 Å². The maximum absolute atomic E-state index is 3.97. The molecule has 0 amide bonds. The summed E-state index contributed by atoms with van der Waals surface area (Å²) in [6.07, 6.45) is 12.7. The van der Waals surface area contributed by atoms with Crippen LogP contribution in [-0.2, 0) is 6.54 Å². The average Bonchev–Trinajstić information content (AvgIpc) is 2.57. The summed E-state index contributed by atoms with van der Waals surface area (Å²) in [4.78, 5) is 3.97. The first-order chi connectivity index (χ1) is 5.93. The van der Waals surface area contributed by atoms with Crippen LogP contribution in [0.3, 0.4) is 0 Å². The van der Waals surface area contributed by atoms with E-state index in [9.17, 15) is 0 Å². The number of aromatic nitrogens is 2. The van der Waals surface area contributed by atoms with Gasteiger partial charge in [-0.05, 0) is 6.42 Å². The number of unbranched alkanes of at least 4 members (excludes halogenated alkanes) is 1. The Kier molecular flexibility index (Phi) is 4.45. The van der Waals surface area contributed by atoms with E-state index in [1.165, 1.54) is 29.1 Å². The topological polar surface area (TPSA) is 17.8 Å². The van der Waals surface area contributed by atoms with E-state index >= 15 is 0 Å². The second-order valence-electron chi connectivity index (χ2n) is 2.87. The highest BCUT2D eigenvalue weighted by Crippen LogP contribution is 1.95. The van der Waals surface area contributed by atoms with Crippen LogP contribution in [0.25, 0.3) is 0 Å². The SMILES string of the molecule is [SiH3]CCCC=CCn1ccnc1. The summed E-state index contributed by atoms with van der Waals surface area (Å²) in [5.74, 6) is 0. The zero-order valence-corrected chi connectivity index (χ0v) is 9.61. The molecule has 0 aliphatic heterocycles. The third-order valence-corrected chi connectivity index (χ3v) is 2.47. The Hall–Kier alpha value is -0.833. The highest BCUT2D eigenvalue weighted by Gasteiger charge is 1.83. The first-order valence-corrected chi connectivity index (χ1v) is 5.95. The van der Waals surface area contributed by atoms with Gasteiger partial charge < -0.3 is 4.57 Å². The molecule has 0 radical (unpaired) electrons. The summed E-state index contributed by atoms with van der Waals surface area (Å²) in [6, 6.07) is 1.41. The van der Waals surface area contributed by atoms with Gasteiger partial charge in [0.25, 0.3) is 0 Å². The number of nitrogens with zero attached hydrogens (tertiary/aromatic N) is 2. The minimum absolute atomic E-state index is 0.959. The van der Waals surface area contributed by atoms with Gasteiger partial charge >= 0.3 is 0 Å². The Morgan fingerprint density at radius 1 is 1.42 bits per heavy atom. The normalized spacial score (nSPS) is 11.3. The molecule has 1 aromatic heterocycles. The van der Waals surface area contributed by atoms with Crippen molar-refractivity contribution in [2.75, 3.05) is 0 Å². The van der Waals surface area contributed by atoms with Gasteiger partial charge in [0.2, 0.25) is 0 Å². The maximum atomic E-state index is 3.97. The van der Waals surface area contributed by atoms with Gasteiger partial charge in [0.1, 0.15) is 0 Å². The van der Waals surface area contributed by atoms with E-state index in [0.717, 1.165) is 6.54 Å². The quantitative estimate of drug-likeness (QED) is 0.375. The molecule has 1 rings (SSSR count). The Balaban J connectivity index is 2.13. The third kappa shape index (κ3) is 3.53. The lowest BCUT2D eigenvalue weighted by molar-refractivity contribution is 0.813. The van der Waals surface area contributed by atoms with Crippen LogP contribution in [0.1, 0.15) is 12.8 Å². The van der Waals surface area contributed by atoms with Crippen LogP contribution in [0.15, 0.2) is 30.9 Å². The molecule has 12 heavy (non-hydrogen) atoms. The molecule has 66 valence electrons. The van der Waals surface area contributed by atoms with Gasteiger partial charge in [-0.1, -0.05) is 24.6 Å². The summed E-state index contributed by atoms with van der Waals surface area (Å²) in [5.41, 5.74) is 0. The van der Waals surface area contributed by atoms with Crippen LogP contribution in [-0.4, -0.2) is 19.8 Å². The van der Waals surface area contributed by atoms with Crippen LogP contribution >= 0.6 is 0 Å². The first-order valence-electron chi connectivity index (χ1n) is 4.54. The molecule has 0 unspecified atom stereocenters. The fourth-order valence-corrected chi connectivity index (χ4v) is 1.44. The van der Waals surface area contributed by atoms with E-state index in [0.29, 0.717) is 0 Å². The van der Waals surface area contributed by atoms with Crippen molar-refractivity contribution in [2.24, 2.45) is 0 Å². The molecule has 0 aliphatic carbocycles. The Morgan fingerprint density at radius 2 is 2.33 bits per heavy atom. The Morgan fingerprint density at radius 3 is 3.00 bits per heavy atom. The van der Waals surface area contributed by atoms with E-state index in [-0.39, 0.29) is 0 Å². The zero-order chi connectivity index (χ0) is 8.65. The zero-order valence-electron chi connectivity index (χ0n) is 7.61. The van der Waals surface area contributed by atoms with Crippen molar-refractivity contribution in [3.8, 4) is 0 Å². The summed E-state index contributed by atoms with van der Waals surface area (Å²) in [7, 11) is 1.34. The molecular weight excluding hydrogens is 164 g/mol. The molecular formula is C9H16N2Si. The Labute approximate surface area is 76.7 Å². The van der Waals surface area contributed by atoms with Gasteiger partial charge in [-0.15, -0.1) is 0 Å². The van der Waals surface area contributed by atoms with E-state index in [1.54, 1.807) is 0 Å². The molecule has 1 heterocycles. The van der Waals surface area contributed by atoms with Crippen molar-refractivity contribution in [3.63, 3.8) is 0 Å². The molecule has 0 N–H and O–H groups in total. The highest BCUT2D eigenvalue weighted by molar-refractivity contribution is 6.08. The van der Waals surface area contributed by atoms with Crippen molar-refractivity contribution in [3.05, 3.63) is 30.9 Å². The molecule has 0 aliphatic rings. The lowest BCUT2D eigenvalue weighted by atomic mass is 10.3. The van der Waals surface area contributed by atoms with Crippen LogP contribution in [0.2, 0.25) is 6.04 Å². The lowest BCUT2D eigenvalue weighted by Crippen LogP contribution is -1.89. The van der Waals surface area contributed by atoms with Crippen molar-refractivity contribution >= 4 is 10.2 Å². The van der Waals surface area contributed by atoms with Gasteiger partial charge in [0, 0.05) is 29.2 Å². The molecule has 0 spiro atoms. The smallest absolute Gasteiger partial charge is 0.0948 e. The average molecular weight is 180 g/mol. The minimum atomic E-state index is 0.959. The number of imidazole rings is 1. The van der Waals surface area contributed by atoms with Gasteiger partial charge in [0.15, 0.2) is 0 Å². The maximum Gasteiger partial charge on any atom is 0.0948 e. The Bertz CT molecular complexity index is 216. The van der Waals surface area contributed by atoms with E-state index in [1.807, 2.05) is 18.7 Å². The second kappa shape index (κ2) is 5.77. The van der Waals surface area contributed by atoms with Crippen molar-refractivity contribution in [2.45, 2.75) is 25.4 Å². The minimum Gasteiger partial charge on any atom is -0.334 e. The van der Waals surface area contributed by atoms with E-state index in [4.69, 9.17) is 0 Å². The van der Waals surface area contributed by atoms with Gasteiger partial charge in [0.05, 0.1) is 6.33 Å². The van der Waals surface area contributed by atoms with Crippen LogP contribution in [0, 0.1) is 0 Å². The molecule has 0 aromatic carbocycles. The molecule has 2 nitrogen and oxygen atoms in total. The van der Waals surface area contributed by atoms with Crippen molar-refractivity contribution < 1.29 is 0 Å². The van der Waals surface area contributed by atoms with E-state index < -0.39 is 0 Å². The molecule has 1 aromatic rings. The fraction of sp³-hybridized carbons (Fsp3) is 0.444. The first kappa shape index (κ1) is 9.26. The number of hydrogen-bond acceptors (Lipinski definition) is 1. The van der Waals surface area contributed by atoms with Gasteiger partial charge in [-0.3, -0.25) is 0 Å². The van der Waals surface area contributed by atoms with Crippen LogP contribution in [0.4, 0.5) is 0 Å². The second-order valence-corrected chi connectivity index (χ2v) is 3.87. The molecule has 0 saturated carbocycles. The molecule has 0 fully saturated rings. The standard InChI is InChI=1S/C9H16N2Si/c12-8-4-2-1-3-6-11-7-5-10-9-11/h1,3,5,7,9H,2,4,6,8H2,12H3. The van der Waals surface area contributed by atoms with Crippen molar-refractivity contribution in [1.29, 1.82) is 0 Å². The highest BCUT2D eigenvalue weighted by atomic mass is 28.1. The fourth-order valence-electron chi connectivity index (χ4n) is 1.03. The summed E-state index contributed by atoms with van der Waals surface area (Å²) in [6.45, 7) is 0.959. The molecule has 0 bridgehead atoms. The summed E-state index contributed by atoms with van der Waals surface area (Å²) < 4.78 is 2.07. The van der Waals surface area contributed by atoms with E-state index in [2.05, 4.69) is 21.7 Å². The summed E-state index contributed by atoms with van der Waals surface area (Å²) in [5, 5.41) is 0. The molecule has 0 atom stereocenters. The number of rotatable bonds is 5. The third-order valence-electron chi connectivity index (χ3n) is 1.77. The van der Waals surface area contributed by atoms with Gasteiger partial charge in [-0.25, -0.2) is 4.98 Å². The predicted octanol–water partition coefficient (Wildman–Crippen LogP) is 1.00. The monoisotopic (exact) mass is 180 g/mol. The predicted molar refractivity (Wildman–Crippen MR) is 55.3 cm³/mol. The number of allylic oxidation sites excluding steroid dienone is 2. The van der Waals surface area contributed by atoms with Crippen LogP contribution < -0.4 is 0 Å². The van der Waals surface area contributed by atoms with Crippen molar-refractivity contribution in [1.82, 2.24) is 9.55 Å². The molecule has 3 heteroatoms. The summed E-state index contributed by atoms with van der Waals surface area (Å²) >= 11 is 0. The molecule has 0 saturated heterocycles. The largest absolute Gasteiger partial charge is 0.334 e.